The number of halogens is 1. The number of hydrogen-bond donors (Lipinski definition) is 2. The van der Waals surface area contributed by atoms with Gasteiger partial charge in [0.1, 0.15) is 0 Å². The number of hydrazine groups is 1. The second-order valence-electron chi connectivity index (χ2n) is 7.58. The highest BCUT2D eigenvalue weighted by molar-refractivity contribution is 6.30. The van der Waals surface area contributed by atoms with Gasteiger partial charge < -0.3 is 9.80 Å². The van der Waals surface area contributed by atoms with Crippen LogP contribution < -0.4 is 15.8 Å². The summed E-state index contributed by atoms with van der Waals surface area (Å²) in [5, 5.41) is 0.673. The molecule has 152 valence electrons. The first-order valence-corrected chi connectivity index (χ1v) is 10.3. The predicted octanol–water partition coefficient (Wildman–Crippen LogP) is 2.66. The molecule has 2 unspecified atom stereocenters. The highest BCUT2D eigenvalue weighted by atomic mass is 35.5. The lowest BCUT2D eigenvalue weighted by Crippen LogP contribution is -2.51. The van der Waals surface area contributed by atoms with Crippen molar-refractivity contribution in [2.75, 3.05) is 37.6 Å². The van der Waals surface area contributed by atoms with Crippen LogP contribution in [0.1, 0.15) is 28.9 Å². The molecule has 0 spiro atoms. The first-order valence-electron chi connectivity index (χ1n) is 9.91. The van der Waals surface area contributed by atoms with Gasteiger partial charge in [-0.3, -0.25) is 15.0 Å². The van der Waals surface area contributed by atoms with Gasteiger partial charge in [0.2, 0.25) is 5.91 Å². The quantitative estimate of drug-likeness (QED) is 0.756. The Morgan fingerprint density at radius 2 is 1.76 bits per heavy atom. The zero-order valence-corrected chi connectivity index (χ0v) is 17.2. The highest BCUT2D eigenvalue weighted by Crippen LogP contribution is 2.29. The van der Waals surface area contributed by atoms with E-state index in [-0.39, 0.29) is 23.7 Å². The minimum atomic E-state index is -0.158. The van der Waals surface area contributed by atoms with Crippen LogP contribution in [0.3, 0.4) is 0 Å². The Morgan fingerprint density at radius 3 is 2.41 bits per heavy atom. The predicted molar refractivity (Wildman–Crippen MR) is 114 cm³/mol. The average molecular weight is 413 g/mol. The van der Waals surface area contributed by atoms with Crippen LogP contribution in [0, 0.1) is 5.92 Å². The summed E-state index contributed by atoms with van der Waals surface area (Å²) < 4.78 is 0. The number of ketones is 1. The molecule has 2 N–H and O–H groups in total. The van der Waals surface area contributed by atoms with E-state index in [1.807, 2.05) is 53.4 Å². The molecule has 2 atom stereocenters. The number of amides is 1. The Bertz CT molecular complexity index is 894. The molecule has 2 fully saturated rings. The van der Waals surface area contributed by atoms with Crippen LogP contribution in [0.15, 0.2) is 48.5 Å². The van der Waals surface area contributed by atoms with E-state index in [1.165, 1.54) is 0 Å². The topological polar surface area (TPSA) is 64.7 Å². The number of anilines is 1. The minimum absolute atomic E-state index is 0.0695. The molecule has 0 saturated carbocycles. The molecule has 4 rings (SSSR count). The summed E-state index contributed by atoms with van der Waals surface area (Å²) in [7, 11) is 0. The Hall–Kier alpha value is -2.41. The highest BCUT2D eigenvalue weighted by Gasteiger charge is 2.37. The molecular weight excluding hydrogens is 388 g/mol. The second-order valence-corrected chi connectivity index (χ2v) is 8.02. The van der Waals surface area contributed by atoms with Crippen molar-refractivity contribution in [1.82, 2.24) is 15.8 Å². The maximum absolute atomic E-state index is 13.2. The summed E-state index contributed by atoms with van der Waals surface area (Å²) in [6, 6.07) is 15.3. The maximum atomic E-state index is 13.2. The van der Waals surface area contributed by atoms with Gasteiger partial charge in [0.15, 0.2) is 5.78 Å². The summed E-state index contributed by atoms with van der Waals surface area (Å²) in [6.07, 6.45) is 0. The molecule has 29 heavy (non-hydrogen) atoms. The summed E-state index contributed by atoms with van der Waals surface area (Å²) in [5.74, 6) is 0.0777. The second kappa shape index (κ2) is 8.53. The van der Waals surface area contributed by atoms with Crippen LogP contribution in [0.25, 0.3) is 0 Å². The van der Waals surface area contributed by atoms with E-state index in [0.29, 0.717) is 24.7 Å². The van der Waals surface area contributed by atoms with Crippen LogP contribution >= 0.6 is 11.6 Å². The van der Waals surface area contributed by atoms with Gasteiger partial charge in [-0.1, -0.05) is 23.7 Å². The van der Waals surface area contributed by atoms with Crippen molar-refractivity contribution in [3.05, 3.63) is 64.7 Å². The van der Waals surface area contributed by atoms with Gasteiger partial charge in [0.25, 0.3) is 0 Å². The Morgan fingerprint density at radius 1 is 1.03 bits per heavy atom. The van der Waals surface area contributed by atoms with E-state index in [2.05, 4.69) is 15.8 Å². The Kier molecular flexibility index (Phi) is 5.85. The lowest BCUT2D eigenvalue weighted by Gasteiger charge is -2.37. The summed E-state index contributed by atoms with van der Waals surface area (Å²) >= 11 is 6.13. The van der Waals surface area contributed by atoms with Gasteiger partial charge in [-0.2, -0.15) is 0 Å². The number of rotatable bonds is 4. The zero-order valence-electron chi connectivity index (χ0n) is 16.4. The number of carbonyl (C=O) groups is 2. The number of nitrogens with zero attached hydrogens (tertiary/aromatic N) is 2. The third-order valence-electron chi connectivity index (χ3n) is 5.74. The van der Waals surface area contributed by atoms with Crippen molar-refractivity contribution >= 4 is 29.0 Å². The largest absolute Gasteiger partial charge is 0.368 e. The molecule has 1 amide bonds. The molecule has 2 aliphatic rings. The molecule has 7 heteroatoms. The lowest BCUT2D eigenvalue weighted by atomic mass is 9.93. The standard InChI is InChI=1S/C22H25ClN4O2/c1-15(28)16-5-7-19(8-6-16)26-9-11-27(12-10-26)22(29)20-14-24-25-21(20)17-3-2-4-18(23)13-17/h2-8,13,20-21,24-25H,9-12,14H2,1H3. The van der Waals surface area contributed by atoms with Gasteiger partial charge in [-0.25, -0.2) is 5.43 Å². The molecular formula is C22H25ClN4O2. The number of piperazine rings is 1. The molecule has 2 saturated heterocycles. The van der Waals surface area contributed by atoms with Crippen molar-refractivity contribution in [2.45, 2.75) is 13.0 Å². The monoisotopic (exact) mass is 412 g/mol. The fraction of sp³-hybridized carbons (Fsp3) is 0.364. The SMILES string of the molecule is CC(=O)c1ccc(N2CCN(C(=O)C3CNNC3c3cccc(Cl)c3)CC2)cc1. The van der Waals surface area contributed by atoms with Gasteiger partial charge in [0.05, 0.1) is 12.0 Å². The van der Waals surface area contributed by atoms with Crippen LogP contribution in [-0.2, 0) is 4.79 Å². The lowest BCUT2D eigenvalue weighted by molar-refractivity contribution is -0.135. The number of hydrogen-bond acceptors (Lipinski definition) is 5. The Labute approximate surface area is 175 Å². The Balaban J connectivity index is 1.39. The fourth-order valence-corrected chi connectivity index (χ4v) is 4.27. The minimum Gasteiger partial charge on any atom is -0.368 e. The average Bonchev–Trinajstić information content (AvgIpc) is 3.23. The van der Waals surface area contributed by atoms with Gasteiger partial charge in [0, 0.05) is 49.0 Å². The smallest absolute Gasteiger partial charge is 0.229 e. The van der Waals surface area contributed by atoms with Crippen LogP contribution in [-0.4, -0.2) is 49.3 Å². The summed E-state index contributed by atoms with van der Waals surface area (Å²) in [6.45, 7) is 5.10. The molecule has 0 aliphatic carbocycles. The van der Waals surface area contributed by atoms with E-state index in [1.54, 1.807) is 6.92 Å². The summed E-state index contributed by atoms with van der Waals surface area (Å²) in [4.78, 5) is 28.9. The molecule has 2 heterocycles. The van der Waals surface area contributed by atoms with E-state index in [9.17, 15) is 9.59 Å². The van der Waals surface area contributed by atoms with Gasteiger partial charge >= 0.3 is 0 Å². The first-order chi connectivity index (χ1) is 14.0. The summed E-state index contributed by atoms with van der Waals surface area (Å²) in [5.41, 5.74) is 9.18. The normalized spacial score (nSPS) is 22.0. The van der Waals surface area contributed by atoms with Crippen molar-refractivity contribution in [2.24, 2.45) is 5.92 Å². The number of Topliss-reactive ketones (excluding diaryl/α,β-unsaturated/α-hetero) is 1. The fourth-order valence-electron chi connectivity index (χ4n) is 4.07. The van der Waals surface area contributed by atoms with Crippen LogP contribution in [0.2, 0.25) is 5.02 Å². The third kappa shape index (κ3) is 4.29. The molecule has 2 aliphatic heterocycles. The van der Waals surface area contributed by atoms with Gasteiger partial charge in [-0.15, -0.1) is 0 Å². The molecule has 2 aromatic rings. The third-order valence-corrected chi connectivity index (χ3v) is 5.97. The van der Waals surface area contributed by atoms with Crippen LogP contribution in [0.4, 0.5) is 5.69 Å². The van der Waals surface area contributed by atoms with Crippen molar-refractivity contribution < 1.29 is 9.59 Å². The molecule has 0 aromatic heterocycles. The number of nitrogens with one attached hydrogen (secondary N) is 2. The van der Waals surface area contributed by atoms with E-state index in [4.69, 9.17) is 11.6 Å². The maximum Gasteiger partial charge on any atom is 0.229 e. The number of carbonyl (C=O) groups excluding carboxylic acids is 2. The van der Waals surface area contributed by atoms with Crippen molar-refractivity contribution in [1.29, 1.82) is 0 Å². The van der Waals surface area contributed by atoms with Crippen molar-refractivity contribution in [3.8, 4) is 0 Å². The molecule has 2 aromatic carbocycles. The van der Waals surface area contributed by atoms with E-state index < -0.39 is 0 Å². The first kappa shape index (κ1) is 19.9. The van der Waals surface area contributed by atoms with E-state index in [0.717, 1.165) is 29.9 Å². The molecule has 6 nitrogen and oxygen atoms in total. The van der Waals surface area contributed by atoms with Crippen molar-refractivity contribution in [3.63, 3.8) is 0 Å². The van der Waals surface area contributed by atoms with Gasteiger partial charge in [-0.05, 0) is 48.9 Å². The zero-order chi connectivity index (χ0) is 20.4. The van der Waals surface area contributed by atoms with E-state index >= 15 is 0 Å². The molecule has 0 bridgehead atoms. The molecule has 0 radical (unpaired) electrons. The number of benzene rings is 2. The van der Waals surface area contributed by atoms with Crippen LogP contribution in [0.5, 0.6) is 0 Å².